The molecular weight excluding hydrogens is 166 g/mol. The maximum absolute atomic E-state index is 10.1. The Balaban J connectivity index is 3.03. The fourth-order valence-electron chi connectivity index (χ4n) is 0.899. The van der Waals surface area contributed by atoms with E-state index in [0.717, 1.165) is 25.8 Å². The van der Waals surface area contributed by atoms with Crippen LogP contribution in [0.5, 0.6) is 0 Å². The van der Waals surface area contributed by atoms with E-state index >= 15 is 0 Å². The molecule has 0 aliphatic carbocycles. The SMILES string of the molecule is C=C/C=C/NCCCCCC(=O)O. The van der Waals surface area contributed by atoms with Crippen LogP contribution < -0.4 is 5.32 Å². The van der Waals surface area contributed by atoms with Gasteiger partial charge in [-0.3, -0.25) is 4.79 Å². The summed E-state index contributed by atoms with van der Waals surface area (Å²) in [5, 5.41) is 11.4. The van der Waals surface area contributed by atoms with Crippen molar-refractivity contribution in [2.75, 3.05) is 6.54 Å². The van der Waals surface area contributed by atoms with E-state index in [-0.39, 0.29) is 6.42 Å². The van der Waals surface area contributed by atoms with Crippen LogP contribution in [0.1, 0.15) is 25.7 Å². The highest BCUT2D eigenvalue weighted by molar-refractivity contribution is 5.66. The fraction of sp³-hybridized carbons (Fsp3) is 0.500. The molecule has 2 N–H and O–H groups in total. The summed E-state index contributed by atoms with van der Waals surface area (Å²) in [5.41, 5.74) is 0. The average molecular weight is 183 g/mol. The van der Waals surface area contributed by atoms with Crippen molar-refractivity contribution in [3.8, 4) is 0 Å². The highest BCUT2D eigenvalue weighted by Crippen LogP contribution is 1.98. The van der Waals surface area contributed by atoms with Crippen molar-refractivity contribution in [3.05, 3.63) is 24.9 Å². The third kappa shape index (κ3) is 10.8. The molecule has 74 valence electrons. The first-order valence-electron chi connectivity index (χ1n) is 4.50. The number of allylic oxidation sites excluding steroid dienone is 2. The summed E-state index contributed by atoms with van der Waals surface area (Å²) < 4.78 is 0. The zero-order valence-electron chi connectivity index (χ0n) is 7.83. The lowest BCUT2D eigenvalue weighted by Gasteiger charge is -1.99. The number of hydrogen-bond donors (Lipinski definition) is 2. The van der Waals surface area contributed by atoms with E-state index in [4.69, 9.17) is 5.11 Å². The van der Waals surface area contributed by atoms with Gasteiger partial charge in [-0.2, -0.15) is 0 Å². The lowest BCUT2D eigenvalue weighted by Crippen LogP contribution is -2.06. The van der Waals surface area contributed by atoms with Crippen molar-refractivity contribution < 1.29 is 9.90 Å². The number of hydrogen-bond acceptors (Lipinski definition) is 2. The molecule has 3 heteroatoms. The molecule has 0 radical (unpaired) electrons. The summed E-state index contributed by atoms with van der Waals surface area (Å²) in [4.78, 5) is 10.1. The van der Waals surface area contributed by atoms with Crippen molar-refractivity contribution >= 4 is 5.97 Å². The van der Waals surface area contributed by atoms with E-state index in [1.54, 1.807) is 6.08 Å². The molecule has 0 spiro atoms. The van der Waals surface area contributed by atoms with Crippen molar-refractivity contribution in [2.24, 2.45) is 0 Å². The van der Waals surface area contributed by atoms with E-state index in [0.29, 0.717) is 0 Å². The van der Waals surface area contributed by atoms with Crippen LogP contribution in [0.25, 0.3) is 0 Å². The van der Waals surface area contributed by atoms with Gasteiger partial charge in [0.1, 0.15) is 0 Å². The lowest BCUT2D eigenvalue weighted by atomic mass is 10.2. The van der Waals surface area contributed by atoms with E-state index in [2.05, 4.69) is 11.9 Å². The number of carboxylic acids is 1. The van der Waals surface area contributed by atoms with Crippen LogP contribution in [0.15, 0.2) is 24.9 Å². The predicted octanol–water partition coefficient (Wildman–Crippen LogP) is 1.92. The molecule has 0 atom stereocenters. The third-order valence-electron chi connectivity index (χ3n) is 1.56. The first-order valence-corrected chi connectivity index (χ1v) is 4.50. The van der Waals surface area contributed by atoms with Gasteiger partial charge in [-0.05, 0) is 25.1 Å². The molecule has 0 aliphatic rings. The zero-order valence-corrected chi connectivity index (χ0v) is 7.83. The van der Waals surface area contributed by atoms with Gasteiger partial charge < -0.3 is 10.4 Å². The maximum Gasteiger partial charge on any atom is 0.303 e. The first-order chi connectivity index (χ1) is 6.27. The van der Waals surface area contributed by atoms with Crippen LogP contribution in [0, 0.1) is 0 Å². The molecule has 3 nitrogen and oxygen atoms in total. The number of carboxylic acid groups (broad SMARTS) is 1. The van der Waals surface area contributed by atoms with Crippen molar-refractivity contribution in [1.82, 2.24) is 5.32 Å². The van der Waals surface area contributed by atoms with E-state index in [9.17, 15) is 4.79 Å². The first kappa shape index (κ1) is 11.8. The van der Waals surface area contributed by atoms with Crippen molar-refractivity contribution in [1.29, 1.82) is 0 Å². The summed E-state index contributed by atoms with van der Waals surface area (Å²) in [6.07, 6.45) is 8.39. The standard InChI is InChI=1S/C10H17NO2/c1-2-3-8-11-9-6-4-5-7-10(12)13/h2-3,8,11H,1,4-7,9H2,(H,12,13)/b8-3+. The van der Waals surface area contributed by atoms with Crippen LogP contribution in [0.3, 0.4) is 0 Å². The van der Waals surface area contributed by atoms with Crippen molar-refractivity contribution in [3.63, 3.8) is 0 Å². The van der Waals surface area contributed by atoms with Gasteiger partial charge in [0, 0.05) is 13.0 Å². The van der Waals surface area contributed by atoms with E-state index < -0.39 is 5.97 Å². The molecule has 0 bridgehead atoms. The Morgan fingerprint density at radius 3 is 2.77 bits per heavy atom. The number of rotatable bonds is 8. The van der Waals surface area contributed by atoms with Gasteiger partial charge in [0.05, 0.1) is 0 Å². The zero-order chi connectivity index (χ0) is 9.94. The minimum absolute atomic E-state index is 0.280. The van der Waals surface area contributed by atoms with Crippen LogP contribution in [-0.2, 0) is 4.79 Å². The largest absolute Gasteiger partial charge is 0.481 e. The minimum atomic E-state index is -0.709. The monoisotopic (exact) mass is 183 g/mol. The average Bonchev–Trinajstić information content (AvgIpc) is 2.09. The van der Waals surface area contributed by atoms with Crippen LogP contribution >= 0.6 is 0 Å². The van der Waals surface area contributed by atoms with Crippen molar-refractivity contribution in [2.45, 2.75) is 25.7 Å². The Morgan fingerprint density at radius 2 is 2.15 bits per heavy atom. The number of nitrogens with one attached hydrogen (secondary N) is 1. The molecule has 0 rings (SSSR count). The Hall–Kier alpha value is -1.25. The van der Waals surface area contributed by atoms with Crippen LogP contribution in [0.4, 0.5) is 0 Å². The molecule has 13 heavy (non-hydrogen) atoms. The van der Waals surface area contributed by atoms with Gasteiger partial charge in [-0.25, -0.2) is 0 Å². The summed E-state index contributed by atoms with van der Waals surface area (Å²) >= 11 is 0. The summed E-state index contributed by atoms with van der Waals surface area (Å²) in [5.74, 6) is -0.709. The quantitative estimate of drug-likeness (QED) is 0.446. The van der Waals surface area contributed by atoms with Gasteiger partial charge in [0.2, 0.25) is 0 Å². The van der Waals surface area contributed by atoms with Gasteiger partial charge in [0.25, 0.3) is 0 Å². The smallest absolute Gasteiger partial charge is 0.303 e. The Kier molecular flexibility index (Phi) is 7.99. The normalized spacial score (nSPS) is 10.2. The molecular formula is C10H17NO2. The second kappa shape index (κ2) is 8.84. The molecule has 0 aromatic carbocycles. The highest BCUT2D eigenvalue weighted by atomic mass is 16.4. The molecule has 0 aliphatic heterocycles. The molecule has 0 unspecified atom stereocenters. The van der Waals surface area contributed by atoms with E-state index in [1.807, 2.05) is 12.3 Å². The molecule has 0 heterocycles. The summed E-state index contributed by atoms with van der Waals surface area (Å²) in [7, 11) is 0. The van der Waals surface area contributed by atoms with Crippen LogP contribution in [0.2, 0.25) is 0 Å². The molecule has 0 saturated carbocycles. The number of carbonyl (C=O) groups is 1. The second-order valence-electron chi connectivity index (χ2n) is 2.75. The molecule has 0 fully saturated rings. The summed E-state index contributed by atoms with van der Waals surface area (Å²) in [6.45, 7) is 4.43. The molecule has 0 aromatic heterocycles. The number of aliphatic carboxylic acids is 1. The van der Waals surface area contributed by atoms with Gasteiger partial charge in [-0.1, -0.05) is 19.1 Å². The highest BCUT2D eigenvalue weighted by Gasteiger charge is 1.94. The van der Waals surface area contributed by atoms with Gasteiger partial charge in [-0.15, -0.1) is 0 Å². The predicted molar refractivity (Wildman–Crippen MR) is 53.4 cm³/mol. The number of unbranched alkanes of at least 4 members (excludes halogenated alkanes) is 2. The maximum atomic E-state index is 10.1. The Bertz CT molecular complexity index is 176. The third-order valence-corrected chi connectivity index (χ3v) is 1.56. The Labute approximate surface area is 79.2 Å². The Morgan fingerprint density at radius 1 is 1.38 bits per heavy atom. The topological polar surface area (TPSA) is 49.3 Å². The van der Waals surface area contributed by atoms with E-state index in [1.165, 1.54) is 0 Å². The molecule has 0 saturated heterocycles. The fourth-order valence-corrected chi connectivity index (χ4v) is 0.899. The minimum Gasteiger partial charge on any atom is -0.481 e. The van der Waals surface area contributed by atoms with Gasteiger partial charge >= 0.3 is 5.97 Å². The second-order valence-corrected chi connectivity index (χ2v) is 2.75. The summed E-state index contributed by atoms with van der Waals surface area (Å²) in [6, 6.07) is 0. The lowest BCUT2D eigenvalue weighted by molar-refractivity contribution is -0.137. The molecule has 0 amide bonds. The van der Waals surface area contributed by atoms with Gasteiger partial charge in [0.15, 0.2) is 0 Å². The van der Waals surface area contributed by atoms with Crippen LogP contribution in [-0.4, -0.2) is 17.6 Å². The molecule has 0 aromatic rings.